The molecule has 0 N–H and O–H groups in total. The fourth-order valence-corrected chi connectivity index (χ4v) is 1.71. The Labute approximate surface area is 100 Å². The van der Waals surface area contributed by atoms with Crippen molar-refractivity contribution in [3.63, 3.8) is 0 Å². The van der Waals surface area contributed by atoms with Gasteiger partial charge in [0.05, 0.1) is 17.6 Å². The third-order valence-corrected chi connectivity index (χ3v) is 2.59. The van der Waals surface area contributed by atoms with Gasteiger partial charge in [0.1, 0.15) is 0 Å². The van der Waals surface area contributed by atoms with Gasteiger partial charge in [-0.3, -0.25) is 4.99 Å². The van der Waals surface area contributed by atoms with Crippen LogP contribution < -0.4 is 0 Å². The van der Waals surface area contributed by atoms with Gasteiger partial charge in [-0.1, -0.05) is 17.7 Å². The van der Waals surface area contributed by atoms with Crippen molar-refractivity contribution in [1.82, 2.24) is 4.57 Å². The van der Waals surface area contributed by atoms with Crippen LogP contribution in [0.3, 0.4) is 0 Å². The highest BCUT2D eigenvalue weighted by Gasteiger charge is 1.95. The van der Waals surface area contributed by atoms with Crippen LogP contribution in [-0.4, -0.2) is 10.8 Å². The molecule has 2 nitrogen and oxygen atoms in total. The van der Waals surface area contributed by atoms with E-state index in [1.807, 2.05) is 48.8 Å². The zero-order chi connectivity index (χ0) is 11.4. The van der Waals surface area contributed by atoms with Crippen LogP contribution in [0, 0.1) is 0 Å². The molecule has 0 radical (unpaired) electrons. The second-order valence-electron chi connectivity index (χ2n) is 3.46. The normalized spacial score (nSPS) is 11.1. The Morgan fingerprint density at radius 2 is 2.19 bits per heavy atom. The summed E-state index contributed by atoms with van der Waals surface area (Å²) in [5, 5.41) is 0.709. The molecular formula is C13H13ClN2. The van der Waals surface area contributed by atoms with Crippen molar-refractivity contribution in [3.05, 3.63) is 53.3 Å². The summed E-state index contributed by atoms with van der Waals surface area (Å²) in [5.41, 5.74) is 1.97. The molecule has 3 heteroatoms. The average Bonchev–Trinajstić information content (AvgIpc) is 2.74. The Bertz CT molecular complexity index is 500. The predicted octanol–water partition coefficient (Wildman–Crippen LogP) is 3.91. The fraction of sp³-hybridized carbons (Fsp3) is 0.154. The Morgan fingerprint density at radius 1 is 1.31 bits per heavy atom. The van der Waals surface area contributed by atoms with Crippen molar-refractivity contribution in [2.45, 2.75) is 13.5 Å². The fourth-order valence-electron chi connectivity index (χ4n) is 1.53. The Hall–Kier alpha value is -1.54. The van der Waals surface area contributed by atoms with Crippen molar-refractivity contribution >= 4 is 23.5 Å². The lowest BCUT2D eigenvalue weighted by Crippen LogP contribution is -1.97. The first-order chi connectivity index (χ1) is 7.79. The van der Waals surface area contributed by atoms with E-state index in [0.717, 1.165) is 17.9 Å². The van der Waals surface area contributed by atoms with Gasteiger partial charge >= 0.3 is 0 Å². The molecule has 0 fully saturated rings. The number of hydrogen-bond donors (Lipinski definition) is 0. The van der Waals surface area contributed by atoms with Crippen molar-refractivity contribution in [1.29, 1.82) is 0 Å². The van der Waals surface area contributed by atoms with Gasteiger partial charge in [0.25, 0.3) is 0 Å². The van der Waals surface area contributed by atoms with Crippen molar-refractivity contribution in [2.24, 2.45) is 4.99 Å². The largest absolute Gasteiger partial charge is 0.347 e. The minimum absolute atomic E-state index is 0.709. The molecule has 1 heterocycles. The molecule has 0 saturated heterocycles. The van der Waals surface area contributed by atoms with Crippen LogP contribution in [-0.2, 0) is 6.54 Å². The number of aliphatic imine (C=N–C) groups is 1. The average molecular weight is 233 g/mol. The van der Waals surface area contributed by atoms with Gasteiger partial charge in [-0.05, 0) is 37.3 Å². The number of rotatable bonds is 3. The maximum absolute atomic E-state index is 5.88. The molecule has 1 aromatic heterocycles. The molecule has 0 bridgehead atoms. The Morgan fingerprint density at radius 3 is 2.94 bits per heavy atom. The maximum Gasteiger partial charge on any atom is 0.0645 e. The number of aromatic nitrogens is 1. The molecule has 0 atom stereocenters. The van der Waals surface area contributed by atoms with Crippen LogP contribution in [0.2, 0.25) is 5.02 Å². The maximum atomic E-state index is 5.88. The SMILES string of the molecule is CCn1cccc1C=Nc1cccc(Cl)c1. The number of nitrogens with zero attached hydrogens (tertiary/aromatic N) is 2. The van der Waals surface area contributed by atoms with Crippen LogP contribution >= 0.6 is 11.6 Å². The first-order valence-electron chi connectivity index (χ1n) is 5.24. The molecule has 82 valence electrons. The zero-order valence-electron chi connectivity index (χ0n) is 9.10. The smallest absolute Gasteiger partial charge is 0.0645 e. The summed E-state index contributed by atoms with van der Waals surface area (Å²) in [6, 6.07) is 11.6. The molecule has 0 aliphatic carbocycles. The number of hydrogen-bond acceptors (Lipinski definition) is 1. The zero-order valence-corrected chi connectivity index (χ0v) is 9.85. The van der Waals surface area contributed by atoms with Gasteiger partial charge in [0, 0.05) is 17.8 Å². The van der Waals surface area contributed by atoms with Crippen LogP contribution in [0.5, 0.6) is 0 Å². The van der Waals surface area contributed by atoms with E-state index in [-0.39, 0.29) is 0 Å². The summed E-state index contributed by atoms with van der Waals surface area (Å²) in [6.45, 7) is 3.06. The van der Waals surface area contributed by atoms with Gasteiger partial charge in [-0.15, -0.1) is 0 Å². The Kier molecular flexibility index (Phi) is 3.42. The van der Waals surface area contributed by atoms with Crippen molar-refractivity contribution in [2.75, 3.05) is 0 Å². The van der Waals surface area contributed by atoms with Crippen LogP contribution in [0.25, 0.3) is 0 Å². The minimum Gasteiger partial charge on any atom is -0.347 e. The highest BCUT2D eigenvalue weighted by Crippen LogP contribution is 2.17. The van der Waals surface area contributed by atoms with Crippen LogP contribution in [0.1, 0.15) is 12.6 Å². The molecule has 2 aromatic rings. The molecule has 0 spiro atoms. The summed E-state index contributed by atoms with van der Waals surface area (Å²) < 4.78 is 2.13. The first kappa shape index (κ1) is 11.0. The van der Waals surface area contributed by atoms with Gasteiger partial charge in [-0.2, -0.15) is 0 Å². The van der Waals surface area contributed by atoms with Crippen molar-refractivity contribution in [3.8, 4) is 0 Å². The first-order valence-corrected chi connectivity index (χ1v) is 5.62. The van der Waals surface area contributed by atoms with Gasteiger partial charge in [0.15, 0.2) is 0 Å². The summed E-state index contributed by atoms with van der Waals surface area (Å²) in [5.74, 6) is 0. The Balaban J connectivity index is 2.21. The van der Waals surface area contributed by atoms with E-state index in [2.05, 4.69) is 16.5 Å². The minimum atomic E-state index is 0.709. The molecule has 1 aromatic carbocycles. The van der Waals surface area contributed by atoms with Crippen LogP contribution in [0.15, 0.2) is 47.6 Å². The molecule has 2 rings (SSSR count). The molecule has 16 heavy (non-hydrogen) atoms. The second-order valence-corrected chi connectivity index (χ2v) is 3.89. The number of halogens is 1. The molecule has 0 aliphatic heterocycles. The van der Waals surface area contributed by atoms with Gasteiger partial charge in [0.2, 0.25) is 0 Å². The highest BCUT2D eigenvalue weighted by molar-refractivity contribution is 6.30. The van der Waals surface area contributed by atoms with E-state index < -0.39 is 0 Å². The summed E-state index contributed by atoms with van der Waals surface area (Å²) in [7, 11) is 0. The van der Waals surface area contributed by atoms with E-state index in [1.54, 1.807) is 0 Å². The third kappa shape index (κ3) is 2.52. The third-order valence-electron chi connectivity index (χ3n) is 2.36. The van der Waals surface area contributed by atoms with E-state index in [9.17, 15) is 0 Å². The number of benzene rings is 1. The van der Waals surface area contributed by atoms with Gasteiger partial charge < -0.3 is 4.57 Å². The number of aryl methyl sites for hydroxylation is 1. The predicted molar refractivity (Wildman–Crippen MR) is 68.8 cm³/mol. The van der Waals surface area contributed by atoms with Crippen LogP contribution in [0.4, 0.5) is 5.69 Å². The van der Waals surface area contributed by atoms with E-state index >= 15 is 0 Å². The van der Waals surface area contributed by atoms with E-state index in [1.165, 1.54) is 0 Å². The molecule has 0 unspecified atom stereocenters. The molecule has 0 amide bonds. The standard InChI is InChI=1S/C13H13ClN2/c1-2-16-8-4-7-13(16)10-15-12-6-3-5-11(14)9-12/h3-10H,2H2,1H3. The summed E-state index contributed by atoms with van der Waals surface area (Å²) in [4.78, 5) is 4.39. The molecular weight excluding hydrogens is 220 g/mol. The second kappa shape index (κ2) is 4.99. The van der Waals surface area contributed by atoms with E-state index in [4.69, 9.17) is 11.6 Å². The molecule has 0 saturated carbocycles. The summed E-state index contributed by atoms with van der Waals surface area (Å²) >= 11 is 5.88. The topological polar surface area (TPSA) is 17.3 Å². The lowest BCUT2D eigenvalue weighted by atomic mass is 10.3. The van der Waals surface area contributed by atoms with Gasteiger partial charge in [-0.25, -0.2) is 0 Å². The van der Waals surface area contributed by atoms with E-state index in [0.29, 0.717) is 5.02 Å². The monoisotopic (exact) mass is 232 g/mol. The lowest BCUT2D eigenvalue weighted by molar-refractivity contribution is 0.764. The summed E-state index contributed by atoms with van der Waals surface area (Å²) in [6.07, 6.45) is 3.90. The van der Waals surface area contributed by atoms with Crippen molar-refractivity contribution < 1.29 is 0 Å². The highest BCUT2D eigenvalue weighted by atomic mass is 35.5. The quantitative estimate of drug-likeness (QED) is 0.714. The molecule has 0 aliphatic rings. The lowest BCUT2D eigenvalue weighted by Gasteiger charge is -2.00.